The van der Waals surface area contributed by atoms with Crippen molar-refractivity contribution in [2.45, 2.75) is 27.7 Å². The van der Waals surface area contributed by atoms with Gasteiger partial charge in [0.1, 0.15) is 5.78 Å². The molecule has 0 aromatic heterocycles. The van der Waals surface area contributed by atoms with Gasteiger partial charge in [-0.15, -0.1) is 0 Å². The van der Waals surface area contributed by atoms with Crippen LogP contribution in [0.2, 0.25) is 0 Å². The predicted octanol–water partition coefficient (Wildman–Crippen LogP) is 0.753. The topological polar surface area (TPSA) is 57.2 Å². The van der Waals surface area contributed by atoms with Gasteiger partial charge in [-0.1, -0.05) is 36.7 Å². The second-order valence-electron chi connectivity index (χ2n) is 4.33. The molecule has 0 aromatic rings. The first-order valence-electron chi connectivity index (χ1n) is 3.98. The van der Waals surface area contributed by atoms with Crippen LogP contribution in [-0.4, -0.2) is 17.1 Å². The minimum atomic E-state index is -1.43. The van der Waals surface area contributed by atoms with Crippen LogP contribution in [0.5, 0.6) is 0 Å². The number of carbonyl (C=O) groups excluding carboxylic acids is 2. The van der Waals surface area contributed by atoms with Crippen molar-refractivity contribution in [1.29, 1.82) is 0 Å². The van der Waals surface area contributed by atoms with E-state index in [-0.39, 0.29) is 11.1 Å². The largest absolute Gasteiger partial charge is 0.549 e. The van der Waals surface area contributed by atoms with E-state index in [1.54, 1.807) is 20.8 Å². The summed E-state index contributed by atoms with van der Waals surface area (Å²) in [5, 5.41) is 10.9. The summed E-state index contributed by atoms with van der Waals surface area (Å²) in [4.78, 5) is 22.5. The molecule has 4 heteroatoms. The van der Waals surface area contributed by atoms with Crippen molar-refractivity contribution in [3.63, 3.8) is 0 Å². The lowest BCUT2D eigenvalue weighted by atomic mass is 9.75. The van der Waals surface area contributed by atoms with E-state index in [9.17, 15) is 14.7 Å². The first-order chi connectivity index (χ1) is 5.66. The Morgan fingerprint density at radius 3 is 1.69 bits per heavy atom. The second-order valence-corrected chi connectivity index (χ2v) is 4.89. The summed E-state index contributed by atoms with van der Waals surface area (Å²) in [6.45, 7) is 6.46. The molecule has 0 spiro atoms. The van der Waals surface area contributed by atoms with Crippen LogP contribution < -0.4 is 5.11 Å². The number of hydrogen-bond donors (Lipinski definition) is 0. The number of aliphatic carboxylic acids is 1. The van der Waals surface area contributed by atoms with Crippen LogP contribution >= 0.6 is 15.9 Å². The highest BCUT2D eigenvalue weighted by atomic mass is 79.9. The molecular weight excluding hydrogens is 236 g/mol. The van der Waals surface area contributed by atoms with Crippen molar-refractivity contribution in [2.24, 2.45) is 10.8 Å². The Labute approximate surface area is 86.6 Å². The van der Waals surface area contributed by atoms with Gasteiger partial charge in [0.05, 0.1) is 11.4 Å². The van der Waals surface area contributed by atoms with Gasteiger partial charge >= 0.3 is 0 Å². The third kappa shape index (κ3) is 2.53. The van der Waals surface area contributed by atoms with Gasteiger partial charge in [-0.05, 0) is 6.92 Å². The van der Waals surface area contributed by atoms with Gasteiger partial charge in [-0.25, -0.2) is 0 Å². The van der Waals surface area contributed by atoms with Crippen LogP contribution in [0.4, 0.5) is 0 Å². The summed E-state index contributed by atoms with van der Waals surface area (Å²) in [6.07, 6.45) is 0. The van der Waals surface area contributed by atoms with E-state index in [0.717, 1.165) is 0 Å². The molecule has 1 atom stereocenters. The average Bonchev–Trinajstić information content (AvgIpc) is 1.99. The summed E-state index contributed by atoms with van der Waals surface area (Å²) in [5.74, 6) is -1.65. The Hall–Kier alpha value is -0.380. The summed E-state index contributed by atoms with van der Waals surface area (Å²) in [7, 11) is 0. The quantitative estimate of drug-likeness (QED) is 0.548. The molecule has 1 unspecified atom stereocenters. The van der Waals surface area contributed by atoms with Crippen LogP contribution in [-0.2, 0) is 9.59 Å². The van der Waals surface area contributed by atoms with Crippen LogP contribution in [0.3, 0.4) is 0 Å². The van der Waals surface area contributed by atoms with Crippen molar-refractivity contribution >= 4 is 27.7 Å². The molecule has 0 aliphatic rings. The molecular formula is C9H14BrO3-. The van der Waals surface area contributed by atoms with Crippen LogP contribution in [0, 0.1) is 10.8 Å². The van der Waals surface area contributed by atoms with Crippen molar-refractivity contribution < 1.29 is 14.7 Å². The molecule has 0 N–H and O–H groups in total. The Morgan fingerprint density at radius 1 is 1.23 bits per heavy atom. The smallest absolute Gasteiger partial charge is 0.150 e. The van der Waals surface area contributed by atoms with E-state index >= 15 is 0 Å². The number of alkyl halides is 1. The van der Waals surface area contributed by atoms with E-state index in [4.69, 9.17) is 0 Å². The van der Waals surface area contributed by atoms with Crippen molar-refractivity contribution in [2.75, 3.05) is 5.33 Å². The maximum absolute atomic E-state index is 11.7. The number of rotatable bonds is 3. The first kappa shape index (κ1) is 12.6. The van der Waals surface area contributed by atoms with Crippen LogP contribution in [0.25, 0.3) is 0 Å². The molecule has 76 valence electrons. The zero-order valence-electron chi connectivity index (χ0n) is 8.31. The highest BCUT2D eigenvalue weighted by molar-refractivity contribution is 9.09. The molecule has 0 amide bonds. The maximum atomic E-state index is 11.7. The fraction of sp³-hybridized carbons (Fsp3) is 0.778. The lowest BCUT2D eigenvalue weighted by Gasteiger charge is -2.33. The molecule has 0 aliphatic heterocycles. The van der Waals surface area contributed by atoms with E-state index < -0.39 is 16.8 Å². The molecule has 0 fully saturated rings. The highest BCUT2D eigenvalue weighted by Gasteiger charge is 2.40. The lowest BCUT2D eigenvalue weighted by Crippen LogP contribution is -2.51. The molecule has 0 aromatic carbocycles. The number of ketones is 1. The normalized spacial score (nSPS) is 16.4. The summed E-state index contributed by atoms with van der Waals surface area (Å²) in [6, 6.07) is 0. The van der Waals surface area contributed by atoms with Gasteiger partial charge in [-0.2, -0.15) is 0 Å². The third-order valence-electron chi connectivity index (χ3n) is 1.90. The maximum Gasteiger partial charge on any atom is 0.150 e. The molecule has 0 saturated heterocycles. The van der Waals surface area contributed by atoms with Gasteiger partial charge in [0.15, 0.2) is 0 Å². The number of hydrogen-bond acceptors (Lipinski definition) is 3. The standard InChI is InChI=1S/C9H15BrO3/c1-8(2,3)6(11)9(4,5-10)7(12)13/h5H2,1-4H3,(H,12,13)/p-1. The fourth-order valence-electron chi connectivity index (χ4n) is 1.04. The van der Waals surface area contributed by atoms with Crippen molar-refractivity contribution in [3.05, 3.63) is 0 Å². The average molecular weight is 250 g/mol. The van der Waals surface area contributed by atoms with Gasteiger partial charge < -0.3 is 9.90 Å². The summed E-state index contributed by atoms with van der Waals surface area (Å²) in [5.41, 5.74) is -2.10. The fourth-order valence-corrected chi connectivity index (χ4v) is 1.52. The number of carbonyl (C=O) groups is 2. The van der Waals surface area contributed by atoms with Crippen LogP contribution in [0.1, 0.15) is 27.7 Å². The Kier molecular flexibility index (Phi) is 3.67. The first-order valence-corrected chi connectivity index (χ1v) is 5.10. The Bertz CT molecular complexity index is 230. The molecule has 3 nitrogen and oxygen atoms in total. The predicted molar refractivity (Wildman–Crippen MR) is 51.4 cm³/mol. The zero-order valence-corrected chi connectivity index (χ0v) is 9.90. The van der Waals surface area contributed by atoms with Gasteiger partial charge in [0.2, 0.25) is 0 Å². The van der Waals surface area contributed by atoms with Crippen molar-refractivity contribution in [1.82, 2.24) is 0 Å². The van der Waals surface area contributed by atoms with Crippen LogP contribution in [0.15, 0.2) is 0 Å². The van der Waals surface area contributed by atoms with E-state index in [1.807, 2.05) is 0 Å². The Balaban J connectivity index is 5.01. The minimum Gasteiger partial charge on any atom is -0.549 e. The zero-order chi connectivity index (χ0) is 10.9. The minimum absolute atomic E-state index is 0.0818. The second kappa shape index (κ2) is 3.78. The van der Waals surface area contributed by atoms with Gasteiger partial charge in [0, 0.05) is 10.7 Å². The van der Waals surface area contributed by atoms with Crippen molar-refractivity contribution in [3.8, 4) is 0 Å². The molecule has 0 rings (SSSR count). The third-order valence-corrected chi connectivity index (χ3v) is 3.02. The molecule has 0 bridgehead atoms. The van der Waals surface area contributed by atoms with Gasteiger partial charge in [-0.3, -0.25) is 4.79 Å². The molecule has 0 heterocycles. The monoisotopic (exact) mass is 249 g/mol. The Morgan fingerprint density at radius 2 is 1.62 bits per heavy atom. The summed E-state index contributed by atoms with van der Waals surface area (Å²) >= 11 is 3.02. The van der Waals surface area contributed by atoms with E-state index in [1.165, 1.54) is 6.92 Å². The summed E-state index contributed by atoms with van der Waals surface area (Å²) < 4.78 is 0. The molecule has 0 radical (unpaired) electrons. The van der Waals surface area contributed by atoms with E-state index in [2.05, 4.69) is 15.9 Å². The number of Topliss-reactive ketones (excluding diaryl/α,β-unsaturated/α-hetero) is 1. The number of carboxylic acids is 1. The molecule has 13 heavy (non-hydrogen) atoms. The molecule has 0 saturated carbocycles. The SMILES string of the molecule is CC(C)(C)C(=O)C(C)(CBr)C(=O)[O-]. The lowest BCUT2D eigenvalue weighted by molar-refractivity contribution is -0.315. The molecule has 0 aliphatic carbocycles. The van der Waals surface area contributed by atoms with E-state index in [0.29, 0.717) is 0 Å². The van der Waals surface area contributed by atoms with Gasteiger partial charge in [0.25, 0.3) is 0 Å². The number of halogens is 1. The highest BCUT2D eigenvalue weighted by Crippen LogP contribution is 2.30. The number of carboxylic acid groups (broad SMARTS) is 1.